The van der Waals surface area contributed by atoms with Gasteiger partial charge in [-0.1, -0.05) is 0 Å². The summed E-state index contributed by atoms with van der Waals surface area (Å²) >= 11 is 0. The number of aromatic nitrogens is 1. The smallest absolute Gasteiger partial charge is 0.0424 e. The Hall–Kier alpha value is -1.62. The summed E-state index contributed by atoms with van der Waals surface area (Å²) in [5.41, 5.74) is 7.80. The lowest BCUT2D eigenvalue weighted by Crippen LogP contribution is -2.29. The van der Waals surface area contributed by atoms with Crippen molar-refractivity contribution in [2.45, 2.75) is 18.9 Å². The molecule has 1 fully saturated rings. The van der Waals surface area contributed by atoms with Crippen molar-refractivity contribution in [3.63, 3.8) is 0 Å². The van der Waals surface area contributed by atoms with Gasteiger partial charge in [0, 0.05) is 62.9 Å². The molecule has 2 heterocycles. The summed E-state index contributed by atoms with van der Waals surface area (Å²) in [6, 6.07) is 6.31. The van der Waals surface area contributed by atoms with E-state index in [1.807, 2.05) is 18.2 Å². The van der Waals surface area contributed by atoms with Crippen LogP contribution in [0, 0.1) is 0 Å². The number of hydrogen-bond acceptors (Lipinski definition) is 4. The summed E-state index contributed by atoms with van der Waals surface area (Å²) in [7, 11) is -0.620. The summed E-state index contributed by atoms with van der Waals surface area (Å²) < 4.78 is 11.4. The van der Waals surface area contributed by atoms with Crippen molar-refractivity contribution < 1.29 is 4.21 Å². The first-order valence-corrected chi connectivity index (χ1v) is 7.96. The van der Waals surface area contributed by atoms with Gasteiger partial charge in [0.05, 0.1) is 0 Å². The maximum atomic E-state index is 11.4. The van der Waals surface area contributed by atoms with Crippen molar-refractivity contribution in [1.29, 1.82) is 0 Å². The molecule has 1 aromatic carbocycles. The molecule has 0 saturated carbocycles. The highest BCUT2D eigenvalue weighted by atomic mass is 32.2. The third-order valence-electron chi connectivity index (χ3n) is 3.60. The zero-order valence-corrected chi connectivity index (χ0v) is 11.5. The lowest BCUT2D eigenvalue weighted by Gasteiger charge is -2.24. The molecule has 2 aromatic rings. The van der Waals surface area contributed by atoms with Crippen LogP contribution in [0.2, 0.25) is 0 Å². The third-order valence-corrected chi connectivity index (χ3v) is 4.98. The van der Waals surface area contributed by atoms with E-state index in [0.29, 0.717) is 6.04 Å². The monoisotopic (exact) mass is 275 g/mol. The van der Waals surface area contributed by atoms with Gasteiger partial charge in [-0.25, -0.2) is 0 Å². The molecule has 0 atom stereocenters. The SMILES string of the molecule is Nc1ccc(NC2CCS(=O)CC2)c2ccncc12. The average Bonchev–Trinajstić information content (AvgIpc) is 2.45. The van der Waals surface area contributed by atoms with Crippen molar-refractivity contribution in [2.75, 3.05) is 22.6 Å². The highest BCUT2D eigenvalue weighted by molar-refractivity contribution is 7.85. The maximum Gasteiger partial charge on any atom is 0.0424 e. The van der Waals surface area contributed by atoms with E-state index in [-0.39, 0.29) is 0 Å². The second-order valence-electron chi connectivity index (χ2n) is 4.89. The van der Waals surface area contributed by atoms with Gasteiger partial charge in [0.2, 0.25) is 0 Å². The molecule has 0 aliphatic carbocycles. The molecule has 0 spiro atoms. The molecule has 4 nitrogen and oxygen atoms in total. The Morgan fingerprint density at radius 1 is 1.21 bits per heavy atom. The topological polar surface area (TPSA) is 68.0 Å². The fraction of sp³-hybridized carbons (Fsp3) is 0.357. The molecule has 3 N–H and O–H groups in total. The molecule has 0 radical (unpaired) electrons. The van der Waals surface area contributed by atoms with Crippen LogP contribution in [0.1, 0.15) is 12.8 Å². The molecular formula is C14H17N3OS. The molecule has 5 heteroatoms. The number of anilines is 2. The normalized spacial score (nSPS) is 23.4. The number of nitrogen functional groups attached to an aromatic ring is 1. The van der Waals surface area contributed by atoms with Crippen molar-refractivity contribution in [3.8, 4) is 0 Å². The van der Waals surface area contributed by atoms with Gasteiger partial charge in [-0.2, -0.15) is 0 Å². The minimum atomic E-state index is -0.620. The third kappa shape index (κ3) is 2.56. The molecule has 1 saturated heterocycles. The minimum Gasteiger partial charge on any atom is -0.398 e. The second-order valence-corrected chi connectivity index (χ2v) is 6.59. The second kappa shape index (κ2) is 5.17. The highest BCUT2D eigenvalue weighted by Crippen LogP contribution is 2.29. The first-order chi connectivity index (χ1) is 9.24. The minimum absolute atomic E-state index is 0.401. The quantitative estimate of drug-likeness (QED) is 0.824. The number of hydrogen-bond donors (Lipinski definition) is 2. The number of nitrogens with two attached hydrogens (primary N) is 1. The van der Waals surface area contributed by atoms with Crippen molar-refractivity contribution in [2.24, 2.45) is 0 Å². The van der Waals surface area contributed by atoms with Gasteiger partial charge in [-0.05, 0) is 31.0 Å². The number of benzene rings is 1. The van der Waals surface area contributed by atoms with Gasteiger partial charge in [0.1, 0.15) is 0 Å². The van der Waals surface area contributed by atoms with Gasteiger partial charge < -0.3 is 11.1 Å². The van der Waals surface area contributed by atoms with E-state index in [1.54, 1.807) is 12.4 Å². The Balaban J connectivity index is 1.89. The van der Waals surface area contributed by atoms with Gasteiger partial charge in [-0.3, -0.25) is 9.19 Å². The molecule has 0 bridgehead atoms. The predicted octanol–water partition coefficient (Wildman–Crippen LogP) is 2.14. The largest absolute Gasteiger partial charge is 0.398 e. The fourth-order valence-corrected chi connectivity index (χ4v) is 3.79. The molecular weight excluding hydrogens is 258 g/mol. The summed E-state index contributed by atoms with van der Waals surface area (Å²) in [6.07, 6.45) is 5.50. The van der Waals surface area contributed by atoms with Crippen LogP contribution in [0.3, 0.4) is 0 Å². The molecule has 0 amide bonds. The van der Waals surface area contributed by atoms with E-state index < -0.39 is 10.8 Å². The van der Waals surface area contributed by atoms with Gasteiger partial charge >= 0.3 is 0 Å². The Bertz CT molecular complexity index is 619. The van der Waals surface area contributed by atoms with Crippen LogP contribution in [0.15, 0.2) is 30.6 Å². The molecule has 1 aliphatic heterocycles. The molecule has 0 unspecified atom stereocenters. The standard InChI is InChI=1S/C14H17N3OS/c15-13-1-2-14(11-3-6-16-9-12(11)13)17-10-4-7-19(18)8-5-10/h1-3,6,9-10,17H,4-5,7-8,15H2. The van der Waals surface area contributed by atoms with Crippen LogP contribution in [-0.4, -0.2) is 26.7 Å². The Morgan fingerprint density at radius 3 is 2.79 bits per heavy atom. The molecule has 19 heavy (non-hydrogen) atoms. The Morgan fingerprint density at radius 2 is 2.00 bits per heavy atom. The summed E-state index contributed by atoms with van der Waals surface area (Å²) in [6.45, 7) is 0. The van der Waals surface area contributed by atoms with Crippen molar-refractivity contribution in [3.05, 3.63) is 30.6 Å². The summed E-state index contributed by atoms with van der Waals surface area (Å²) in [5, 5.41) is 5.63. The van der Waals surface area contributed by atoms with E-state index in [4.69, 9.17) is 5.73 Å². The van der Waals surface area contributed by atoms with E-state index in [9.17, 15) is 4.21 Å². The lowest BCUT2D eigenvalue weighted by atomic mass is 10.1. The van der Waals surface area contributed by atoms with Gasteiger partial charge in [0.15, 0.2) is 0 Å². The number of nitrogens with zero attached hydrogens (tertiary/aromatic N) is 1. The summed E-state index contributed by atoms with van der Waals surface area (Å²) in [5.74, 6) is 1.60. The number of fused-ring (bicyclic) bond motifs is 1. The maximum absolute atomic E-state index is 11.4. The van der Waals surface area contributed by atoms with Crippen LogP contribution in [0.25, 0.3) is 10.8 Å². The first-order valence-electron chi connectivity index (χ1n) is 6.48. The van der Waals surface area contributed by atoms with Crippen LogP contribution < -0.4 is 11.1 Å². The highest BCUT2D eigenvalue weighted by Gasteiger charge is 2.18. The van der Waals surface area contributed by atoms with E-state index in [2.05, 4.69) is 10.3 Å². The number of nitrogens with one attached hydrogen (secondary N) is 1. The zero-order valence-electron chi connectivity index (χ0n) is 10.6. The summed E-state index contributed by atoms with van der Waals surface area (Å²) in [4.78, 5) is 4.12. The first kappa shape index (κ1) is 12.4. The molecule has 100 valence electrons. The molecule has 1 aromatic heterocycles. The van der Waals surface area contributed by atoms with Gasteiger partial charge in [0.25, 0.3) is 0 Å². The van der Waals surface area contributed by atoms with E-state index >= 15 is 0 Å². The van der Waals surface area contributed by atoms with Crippen LogP contribution in [0.5, 0.6) is 0 Å². The fourth-order valence-electron chi connectivity index (χ4n) is 2.50. The van der Waals surface area contributed by atoms with E-state index in [0.717, 1.165) is 46.5 Å². The van der Waals surface area contributed by atoms with Crippen LogP contribution in [-0.2, 0) is 10.8 Å². The predicted molar refractivity (Wildman–Crippen MR) is 80.7 cm³/mol. The molecule has 3 rings (SSSR count). The zero-order chi connectivity index (χ0) is 13.2. The van der Waals surface area contributed by atoms with Crippen LogP contribution in [0.4, 0.5) is 11.4 Å². The van der Waals surface area contributed by atoms with E-state index in [1.165, 1.54) is 0 Å². The molecule has 1 aliphatic rings. The van der Waals surface area contributed by atoms with Crippen LogP contribution >= 0.6 is 0 Å². The number of rotatable bonds is 2. The van der Waals surface area contributed by atoms with Crippen molar-refractivity contribution >= 4 is 32.9 Å². The number of pyridine rings is 1. The lowest BCUT2D eigenvalue weighted by molar-refractivity contribution is 0.624. The van der Waals surface area contributed by atoms with Gasteiger partial charge in [-0.15, -0.1) is 0 Å². The average molecular weight is 275 g/mol. The Kier molecular flexibility index (Phi) is 3.38. The Labute approximate surface area is 114 Å². The van der Waals surface area contributed by atoms with Crippen molar-refractivity contribution in [1.82, 2.24) is 4.98 Å².